The molecule has 3 rings (SSSR count). The first kappa shape index (κ1) is 52.8. The van der Waals surface area contributed by atoms with Crippen molar-refractivity contribution < 1.29 is 41.9 Å². The Balaban J connectivity index is 1.83. The average molecular weight is 900 g/mol. The molecule has 0 aliphatic carbocycles. The molecule has 0 aromatic heterocycles. The molecule has 63 heavy (non-hydrogen) atoms. The topological polar surface area (TPSA) is 210 Å². The molecule has 0 unspecified atom stereocenters. The summed E-state index contributed by atoms with van der Waals surface area (Å²) in [7, 11) is 4.05. The van der Waals surface area contributed by atoms with Crippen molar-refractivity contribution in [1.82, 2.24) is 30.1 Å². The number of likely N-dealkylation sites (N-methyl/N-ethyl adjacent to an activating group) is 2. The Labute approximate surface area is 375 Å². The van der Waals surface area contributed by atoms with E-state index in [1.807, 2.05) is 60.5 Å². The van der Waals surface area contributed by atoms with Crippen molar-refractivity contribution in [2.75, 3.05) is 47.6 Å². The van der Waals surface area contributed by atoms with Crippen LogP contribution >= 0.6 is 0 Å². The van der Waals surface area contributed by atoms with Crippen LogP contribution in [0.15, 0.2) is 59.5 Å². The fourth-order valence-corrected chi connectivity index (χ4v) is 9.70. The first-order valence-corrected chi connectivity index (χ1v) is 23.4. The van der Waals surface area contributed by atoms with E-state index in [1.165, 1.54) is 38.5 Å². The van der Waals surface area contributed by atoms with E-state index in [9.17, 15) is 32.4 Å². The number of hydrogen-bond donors (Lipinski definition) is 4. The van der Waals surface area contributed by atoms with Crippen LogP contribution in [0.2, 0.25) is 0 Å². The number of nitrogens with zero attached hydrogens (tertiary/aromatic N) is 3. The summed E-state index contributed by atoms with van der Waals surface area (Å²) in [6, 6.07) is 10.7. The molecule has 352 valence electrons. The molecule has 1 heterocycles. The van der Waals surface area contributed by atoms with Crippen LogP contribution in [-0.4, -0.2) is 137 Å². The van der Waals surface area contributed by atoms with Gasteiger partial charge in [0.05, 0.1) is 47.6 Å². The van der Waals surface area contributed by atoms with Crippen molar-refractivity contribution in [3.63, 3.8) is 0 Å². The second-order valence-corrected chi connectivity index (χ2v) is 19.4. The number of carbonyl (C=O) groups excluding carboxylic acids is 5. The lowest BCUT2D eigenvalue weighted by Crippen LogP contribution is -2.59. The van der Waals surface area contributed by atoms with Gasteiger partial charge >= 0.3 is 0 Å². The molecule has 0 saturated carbocycles. The summed E-state index contributed by atoms with van der Waals surface area (Å²) < 4.78 is 40.5. The summed E-state index contributed by atoms with van der Waals surface area (Å²) >= 11 is 0. The predicted octanol–water partition coefficient (Wildman–Crippen LogP) is 3.45. The Bertz CT molecular complexity index is 1920. The van der Waals surface area contributed by atoms with Gasteiger partial charge in [-0.1, -0.05) is 85.2 Å². The van der Waals surface area contributed by atoms with Gasteiger partial charge in [-0.2, -0.15) is 0 Å². The Morgan fingerprint density at radius 2 is 1.46 bits per heavy atom. The normalized spacial score (nSPS) is 18.2. The number of amides is 5. The third-order valence-electron chi connectivity index (χ3n) is 12.3. The van der Waals surface area contributed by atoms with E-state index in [0.717, 1.165) is 0 Å². The Kier molecular flexibility index (Phi) is 20.0. The molecule has 1 saturated heterocycles. The maximum absolute atomic E-state index is 14.4. The number of rotatable bonds is 23. The predicted molar refractivity (Wildman–Crippen MR) is 243 cm³/mol. The first-order valence-electron chi connectivity index (χ1n) is 21.9. The van der Waals surface area contributed by atoms with Crippen molar-refractivity contribution in [3.8, 4) is 0 Å². The van der Waals surface area contributed by atoms with Gasteiger partial charge in [-0.25, -0.2) is 13.1 Å². The maximum Gasteiger partial charge on any atom is 0.264 e. The van der Waals surface area contributed by atoms with Gasteiger partial charge in [0, 0.05) is 39.9 Å². The zero-order valence-corrected chi connectivity index (χ0v) is 40.1. The fourth-order valence-electron chi connectivity index (χ4n) is 8.68. The molecule has 1 aliphatic rings. The monoisotopic (exact) mass is 900 g/mol. The minimum absolute atomic E-state index is 0.000380. The number of sulfonamides is 1. The number of nitrogens with one attached hydrogen (secondary N) is 3. The van der Waals surface area contributed by atoms with E-state index >= 15 is 0 Å². The molecule has 16 nitrogen and oxygen atoms in total. The van der Waals surface area contributed by atoms with Gasteiger partial charge in [-0.05, 0) is 74.5 Å². The standard InChI is InChI=1S/C46H73N7O9S/c1-13-30(6)41(52(10)46(58)39(28(2)3)49-45(57)40(29(4)5)51(8)9)37(61-11)27-38(54)53-25-17-20-36(53)42(62-12)31(7)43(55)48-35(26-32-18-15-14-16-19-32)44(56)50-63(59,60)34-23-21-33(47)22-24-34/h14-16,18-19,21-24,28-31,35-37,39-42H,13,17,20,25-27,47H2,1-12H3,(H,48,55)(H,49,57)(H,50,56)/t30-,31-,35+,36+,37-,39+,40+,41+,42-/m1/s1. The van der Waals surface area contributed by atoms with Crippen LogP contribution in [-0.2, 0) is 49.9 Å². The molecule has 2 aromatic carbocycles. The quantitative estimate of drug-likeness (QED) is 0.119. The third kappa shape index (κ3) is 14.0. The van der Waals surface area contributed by atoms with Gasteiger partial charge in [-0.15, -0.1) is 0 Å². The zero-order valence-electron chi connectivity index (χ0n) is 39.3. The molecule has 2 aromatic rings. The van der Waals surface area contributed by atoms with E-state index in [0.29, 0.717) is 37.1 Å². The molecule has 1 aliphatic heterocycles. The van der Waals surface area contributed by atoms with Crippen LogP contribution < -0.4 is 21.1 Å². The van der Waals surface area contributed by atoms with Crippen molar-refractivity contribution >= 4 is 45.2 Å². The number of methoxy groups -OCH3 is 2. The molecule has 5 N–H and O–H groups in total. The van der Waals surface area contributed by atoms with Crippen LogP contribution in [0.4, 0.5) is 5.69 Å². The smallest absolute Gasteiger partial charge is 0.264 e. The van der Waals surface area contributed by atoms with Crippen LogP contribution in [0.1, 0.15) is 79.7 Å². The summed E-state index contributed by atoms with van der Waals surface area (Å²) in [5, 5.41) is 5.79. The lowest BCUT2D eigenvalue weighted by atomic mass is 9.89. The van der Waals surface area contributed by atoms with E-state index in [2.05, 4.69) is 15.4 Å². The maximum atomic E-state index is 14.4. The van der Waals surface area contributed by atoms with Gasteiger partial charge in [0.1, 0.15) is 12.1 Å². The van der Waals surface area contributed by atoms with Crippen LogP contribution in [0, 0.1) is 23.7 Å². The SMILES string of the molecule is CC[C@@H](C)[C@@H]([C@@H](CC(=O)N1CCC[C@H]1[C@H](OC)[C@@H](C)C(=O)N[C@@H](Cc1ccccc1)C(=O)NS(=O)(=O)c1ccc(N)cc1)OC)N(C)C(=O)[C@@H](NC(=O)[C@H](C(C)C)N(C)C)C(C)C. The molecule has 0 bridgehead atoms. The average Bonchev–Trinajstić information content (AvgIpc) is 3.71. The van der Waals surface area contributed by atoms with E-state index < -0.39 is 70.2 Å². The van der Waals surface area contributed by atoms with E-state index in [1.54, 1.807) is 54.1 Å². The molecule has 9 atom stereocenters. The minimum atomic E-state index is -4.30. The van der Waals surface area contributed by atoms with Gasteiger partial charge in [0.15, 0.2) is 0 Å². The number of ether oxygens (including phenoxy) is 2. The van der Waals surface area contributed by atoms with E-state index in [-0.39, 0.29) is 53.2 Å². The molecular formula is C46H73N7O9S. The van der Waals surface area contributed by atoms with Crippen molar-refractivity contribution in [3.05, 3.63) is 60.2 Å². The fraction of sp³-hybridized carbons (Fsp3) is 0.630. The Hall–Kier alpha value is -4.58. The summed E-state index contributed by atoms with van der Waals surface area (Å²) in [5.41, 5.74) is 6.77. The molecule has 0 spiro atoms. The first-order chi connectivity index (χ1) is 29.6. The van der Waals surface area contributed by atoms with Crippen molar-refractivity contribution in [1.29, 1.82) is 0 Å². The highest BCUT2D eigenvalue weighted by atomic mass is 32.2. The number of likely N-dealkylation sites (tertiary alicyclic amines) is 1. The summed E-state index contributed by atoms with van der Waals surface area (Å²) in [4.78, 5) is 74.9. The highest BCUT2D eigenvalue weighted by Gasteiger charge is 2.43. The molecule has 0 radical (unpaired) electrons. The number of anilines is 1. The number of benzene rings is 2. The minimum Gasteiger partial charge on any atom is -0.399 e. The lowest BCUT2D eigenvalue weighted by molar-refractivity contribution is -0.148. The number of hydrogen-bond acceptors (Lipinski definition) is 11. The van der Waals surface area contributed by atoms with E-state index in [4.69, 9.17) is 15.2 Å². The van der Waals surface area contributed by atoms with Crippen molar-refractivity contribution in [2.45, 2.75) is 128 Å². The third-order valence-corrected chi connectivity index (χ3v) is 13.6. The Morgan fingerprint density at radius 3 is 1.98 bits per heavy atom. The number of carbonyl (C=O) groups is 5. The van der Waals surface area contributed by atoms with Gasteiger partial charge in [-0.3, -0.25) is 28.9 Å². The largest absolute Gasteiger partial charge is 0.399 e. The Morgan fingerprint density at radius 1 is 0.841 bits per heavy atom. The molecule has 5 amide bonds. The summed E-state index contributed by atoms with van der Waals surface area (Å²) in [6.45, 7) is 13.8. The van der Waals surface area contributed by atoms with Crippen LogP contribution in [0.3, 0.4) is 0 Å². The second-order valence-electron chi connectivity index (χ2n) is 17.8. The van der Waals surface area contributed by atoms with Crippen LogP contribution in [0.25, 0.3) is 0 Å². The lowest BCUT2D eigenvalue weighted by Gasteiger charge is -2.41. The number of nitrogen functional groups attached to an aromatic ring is 1. The highest BCUT2D eigenvalue weighted by Crippen LogP contribution is 2.30. The molecule has 17 heteroatoms. The van der Waals surface area contributed by atoms with Crippen molar-refractivity contribution in [2.24, 2.45) is 23.7 Å². The van der Waals surface area contributed by atoms with Crippen LogP contribution in [0.5, 0.6) is 0 Å². The summed E-state index contributed by atoms with van der Waals surface area (Å²) in [5.74, 6) is -3.41. The van der Waals surface area contributed by atoms with Gasteiger partial charge in [0.25, 0.3) is 15.9 Å². The summed E-state index contributed by atoms with van der Waals surface area (Å²) in [6.07, 6.45) is 0.315. The second kappa shape index (κ2) is 23.9. The zero-order chi connectivity index (χ0) is 47.3. The highest BCUT2D eigenvalue weighted by molar-refractivity contribution is 7.90. The molecule has 1 fully saturated rings. The number of nitrogens with two attached hydrogens (primary N) is 1. The molecular weight excluding hydrogens is 827 g/mol. The van der Waals surface area contributed by atoms with Gasteiger partial charge < -0.3 is 35.6 Å². The van der Waals surface area contributed by atoms with Gasteiger partial charge in [0.2, 0.25) is 23.6 Å².